The molecule has 7 N–H and O–H groups in total. The monoisotopic (exact) mass is 712 g/mol. The van der Waals surface area contributed by atoms with Gasteiger partial charge >= 0.3 is 5.97 Å². The van der Waals surface area contributed by atoms with Crippen LogP contribution < -0.4 is 0 Å². The Labute approximate surface area is 288 Å². The van der Waals surface area contributed by atoms with Gasteiger partial charge in [0.25, 0.3) is 0 Å². The average Bonchev–Trinajstić information content (AvgIpc) is 3.11. The number of rotatable bonds is 13. The normalized spacial score (nSPS) is 33.6. The molecule has 2 aromatic rings. The Morgan fingerprint density at radius 1 is 0.816 bits per heavy atom. The molecule has 3 aliphatic rings. The maximum Gasteiger partial charge on any atom is 0.332 e. The van der Waals surface area contributed by atoms with Crippen LogP contribution in [0.4, 0.5) is 0 Å². The van der Waals surface area contributed by atoms with Gasteiger partial charge in [-0.1, -0.05) is 54.1 Å². The summed E-state index contributed by atoms with van der Waals surface area (Å²) in [5.41, 5.74) is 2.37. The van der Waals surface area contributed by atoms with Gasteiger partial charge in [0.05, 0.1) is 19.3 Å². The van der Waals surface area contributed by atoms with Crippen molar-refractivity contribution in [3.63, 3.8) is 0 Å². The molecule has 0 aromatic heterocycles. The first-order valence-electron chi connectivity index (χ1n) is 16.2. The summed E-state index contributed by atoms with van der Waals surface area (Å²) < 4.78 is 26.8. The molecule has 49 heavy (non-hydrogen) atoms. The van der Waals surface area contributed by atoms with Crippen molar-refractivity contribution in [1.82, 2.24) is 9.80 Å². The Morgan fingerprint density at radius 2 is 1.49 bits per heavy atom. The number of aliphatic hydroxyl groups excluding tert-OH is 7. The number of halogens is 1. The lowest BCUT2D eigenvalue weighted by Crippen LogP contribution is -2.64. The maximum absolute atomic E-state index is 12.4. The van der Waals surface area contributed by atoms with Crippen molar-refractivity contribution in [1.29, 1.82) is 0 Å². The number of esters is 1. The van der Waals surface area contributed by atoms with Crippen LogP contribution in [0.5, 0.6) is 0 Å². The number of ether oxygens (including phenoxy) is 5. The second-order valence-corrected chi connectivity index (χ2v) is 12.8. The van der Waals surface area contributed by atoms with E-state index in [0.29, 0.717) is 11.6 Å². The highest BCUT2D eigenvalue weighted by molar-refractivity contribution is 6.30. The Kier molecular flexibility index (Phi) is 13.7. The molecule has 0 spiro atoms. The van der Waals surface area contributed by atoms with Crippen molar-refractivity contribution in [2.45, 2.75) is 67.5 Å². The number of hydrogen-bond donors (Lipinski definition) is 7. The zero-order valence-electron chi connectivity index (χ0n) is 26.8. The van der Waals surface area contributed by atoms with Gasteiger partial charge in [-0.2, -0.15) is 0 Å². The van der Waals surface area contributed by atoms with Crippen LogP contribution in [0.25, 0.3) is 0 Å². The SMILES string of the molecule is O=C(COCCN1CCN(C(c2ccccc2)c2ccc(Cl)cc2)CC1)OC[C@H]1O[C@@H](O[C@H]2[C@H](O)[C@@H](O)[C@H](O)O[C@@H]2CO)[C@H](O)[C@@H](O)[C@H]1O. The van der Waals surface area contributed by atoms with E-state index in [1.165, 1.54) is 11.1 Å². The molecule has 11 atom stereocenters. The lowest BCUT2D eigenvalue weighted by atomic mass is 9.96. The lowest BCUT2D eigenvalue weighted by molar-refractivity contribution is -0.355. The third kappa shape index (κ3) is 9.52. The molecule has 0 amide bonds. The van der Waals surface area contributed by atoms with Crippen molar-refractivity contribution < 1.29 is 64.2 Å². The lowest BCUT2D eigenvalue weighted by Gasteiger charge is -2.45. The van der Waals surface area contributed by atoms with Crippen LogP contribution in [0.15, 0.2) is 54.6 Å². The summed E-state index contributed by atoms with van der Waals surface area (Å²) >= 11 is 6.14. The van der Waals surface area contributed by atoms with E-state index in [4.69, 9.17) is 35.3 Å². The van der Waals surface area contributed by atoms with E-state index in [-0.39, 0.29) is 19.3 Å². The largest absolute Gasteiger partial charge is 0.461 e. The average molecular weight is 713 g/mol. The molecule has 16 heteroatoms. The Balaban J connectivity index is 1.04. The highest BCUT2D eigenvalue weighted by Crippen LogP contribution is 2.31. The zero-order chi connectivity index (χ0) is 35.1. The molecule has 3 aliphatic heterocycles. The number of carbonyl (C=O) groups excluding carboxylic acids is 1. The summed E-state index contributed by atoms with van der Waals surface area (Å²) in [6.07, 6.45) is -16.5. The second-order valence-electron chi connectivity index (χ2n) is 12.3. The summed E-state index contributed by atoms with van der Waals surface area (Å²) in [4.78, 5) is 17.1. The van der Waals surface area contributed by atoms with Crippen molar-refractivity contribution in [2.24, 2.45) is 0 Å². The van der Waals surface area contributed by atoms with Crippen LogP contribution in [0.3, 0.4) is 0 Å². The van der Waals surface area contributed by atoms with Crippen molar-refractivity contribution in [3.05, 3.63) is 70.7 Å². The molecule has 5 rings (SSSR count). The maximum atomic E-state index is 12.4. The van der Waals surface area contributed by atoms with E-state index in [1.54, 1.807) is 0 Å². The van der Waals surface area contributed by atoms with Crippen LogP contribution in [0.2, 0.25) is 5.02 Å². The molecule has 0 radical (unpaired) electrons. The summed E-state index contributed by atoms with van der Waals surface area (Å²) in [6.45, 7) is 2.52. The van der Waals surface area contributed by atoms with E-state index in [0.717, 1.165) is 26.2 Å². The number of carbonyl (C=O) groups is 1. The van der Waals surface area contributed by atoms with Gasteiger partial charge in [-0.05, 0) is 23.3 Å². The topological polar surface area (TPSA) is 211 Å². The quantitative estimate of drug-likeness (QED) is 0.0905. The predicted octanol–water partition coefficient (Wildman–Crippen LogP) is -1.77. The minimum atomic E-state index is -1.82. The van der Waals surface area contributed by atoms with E-state index in [2.05, 4.69) is 34.1 Å². The highest BCUT2D eigenvalue weighted by atomic mass is 35.5. The Hall–Kier alpha value is -2.32. The minimum Gasteiger partial charge on any atom is -0.461 e. The number of aliphatic hydroxyl groups is 7. The van der Waals surface area contributed by atoms with Gasteiger partial charge in [0.1, 0.15) is 62.0 Å². The van der Waals surface area contributed by atoms with Gasteiger partial charge in [-0.15, -0.1) is 0 Å². The first-order valence-corrected chi connectivity index (χ1v) is 16.6. The van der Waals surface area contributed by atoms with Crippen LogP contribution in [-0.4, -0.2) is 172 Å². The molecule has 3 fully saturated rings. The van der Waals surface area contributed by atoms with E-state index < -0.39 is 80.6 Å². The summed E-state index contributed by atoms with van der Waals surface area (Å²) in [5, 5.41) is 71.4. The molecule has 3 saturated heterocycles. The van der Waals surface area contributed by atoms with Crippen molar-refractivity contribution >= 4 is 17.6 Å². The number of hydrogen-bond acceptors (Lipinski definition) is 15. The van der Waals surface area contributed by atoms with Gasteiger partial charge < -0.3 is 59.4 Å². The van der Waals surface area contributed by atoms with Crippen LogP contribution in [0.1, 0.15) is 17.2 Å². The van der Waals surface area contributed by atoms with Gasteiger partial charge in [-0.3, -0.25) is 9.80 Å². The summed E-state index contributed by atoms with van der Waals surface area (Å²) in [6, 6.07) is 18.3. The van der Waals surface area contributed by atoms with Crippen molar-refractivity contribution in [2.75, 3.05) is 59.2 Å². The molecule has 0 saturated carbocycles. The second kappa shape index (κ2) is 17.7. The van der Waals surface area contributed by atoms with Crippen LogP contribution in [-0.2, 0) is 28.5 Å². The van der Waals surface area contributed by atoms with Gasteiger partial charge in [0, 0.05) is 37.7 Å². The van der Waals surface area contributed by atoms with Gasteiger partial charge in [0.15, 0.2) is 12.6 Å². The summed E-state index contributed by atoms with van der Waals surface area (Å²) in [5.74, 6) is -0.749. The molecular weight excluding hydrogens is 668 g/mol. The van der Waals surface area contributed by atoms with E-state index in [9.17, 15) is 40.5 Å². The fraction of sp³-hybridized carbons (Fsp3) is 0.606. The summed E-state index contributed by atoms with van der Waals surface area (Å²) in [7, 11) is 0. The fourth-order valence-electron chi connectivity index (χ4n) is 6.26. The van der Waals surface area contributed by atoms with Crippen molar-refractivity contribution in [3.8, 4) is 0 Å². The van der Waals surface area contributed by atoms with Crippen LogP contribution in [0, 0.1) is 0 Å². The molecule has 2 aromatic carbocycles. The molecule has 272 valence electrons. The molecule has 15 nitrogen and oxygen atoms in total. The predicted molar refractivity (Wildman–Crippen MR) is 171 cm³/mol. The molecular formula is C33H45ClN2O13. The third-order valence-electron chi connectivity index (χ3n) is 9.05. The standard InChI is InChI=1S/C33H45ClN2O13/c34-21-8-6-20(7-9-21)25(19-4-2-1-3-5-19)36-12-10-35(11-13-36)14-15-45-18-24(38)46-17-23-26(39)27(40)30(43)33(48-23)49-31-22(16-37)47-32(44)29(42)28(31)41/h1-9,22-23,25-33,37,39-44H,10-18H2/t22-,23-,25?,26+,27+,28-,29-,30-,31-,32-,33+/m1/s1. The minimum absolute atomic E-state index is 0.0942. The number of piperazine rings is 1. The Bertz CT molecular complexity index is 1300. The molecule has 0 aliphatic carbocycles. The zero-order valence-corrected chi connectivity index (χ0v) is 27.5. The first-order chi connectivity index (χ1) is 23.6. The van der Waals surface area contributed by atoms with E-state index >= 15 is 0 Å². The molecule has 1 unspecified atom stereocenters. The first kappa shape index (κ1) is 37.9. The van der Waals surface area contributed by atoms with E-state index in [1.807, 2.05) is 30.3 Å². The Morgan fingerprint density at radius 3 is 2.16 bits per heavy atom. The third-order valence-corrected chi connectivity index (χ3v) is 9.30. The molecule has 3 heterocycles. The fourth-order valence-corrected chi connectivity index (χ4v) is 6.39. The molecule has 0 bridgehead atoms. The number of benzene rings is 2. The highest BCUT2D eigenvalue weighted by Gasteiger charge is 2.50. The van der Waals surface area contributed by atoms with Crippen LogP contribution >= 0.6 is 11.6 Å². The van der Waals surface area contributed by atoms with Gasteiger partial charge in [-0.25, -0.2) is 4.79 Å². The van der Waals surface area contributed by atoms with Gasteiger partial charge in [0.2, 0.25) is 0 Å². The number of nitrogens with zero attached hydrogens (tertiary/aromatic N) is 2. The smallest absolute Gasteiger partial charge is 0.332 e.